The molecular weight excluding hydrogens is 192 g/mol. The SMILES string of the molecule is Cn1nccc1CCC(O)c1ccco1. The Hall–Kier alpha value is -1.55. The first-order valence-electron chi connectivity index (χ1n) is 4.95. The van der Waals surface area contributed by atoms with E-state index in [1.54, 1.807) is 24.6 Å². The fourth-order valence-corrected chi connectivity index (χ4v) is 1.55. The van der Waals surface area contributed by atoms with Crippen molar-refractivity contribution in [2.24, 2.45) is 7.05 Å². The minimum Gasteiger partial charge on any atom is -0.467 e. The topological polar surface area (TPSA) is 51.2 Å². The fourth-order valence-electron chi connectivity index (χ4n) is 1.55. The number of hydrogen-bond acceptors (Lipinski definition) is 3. The van der Waals surface area contributed by atoms with E-state index in [1.165, 1.54) is 0 Å². The van der Waals surface area contributed by atoms with Crippen LogP contribution in [0, 0.1) is 0 Å². The second-order valence-corrected chi connectivity index (χ2v) is 3.52. The van der Waals surface area contributed by atoms with Crippen LogP contribution >= 0.6 is 0 Å². The highest BCUT2D eigenvalue weighted by Crippen LogP contribution is 2.18. The second kappa shape index (κ2) is 4.31. The lowest BCUT2D eigenvalue weighted by Gasteiger charge is -2.07. The summed E-state index contributed by atoms with van der Waals surface area (Å²) >= 11 is 0. The minimum absolute atomic E-state index is 0.533. The van der Waals surface area contributed by atoms with Crippen molar-refractivity contribution >= 4 is 0 Å². The number of aliphatic hydroxyl groups is 1. The van der Waals surface area contributed by atoms with Gasteiger partial charge < -0.3 is 9.52 Å². The van der Waals surface area contributed by atoms with E-state index in [1.807, 2.05) is 17.8 Å². The van der Waals surface area contributed by atoms with Crippen molar-refractivity contribution in [3.8, 4) is 0 Å². The van der Waals surface area contributed by atoms with Crippen LogP contribution in [0.25, 0.3) is 0 Å². The van der Waals surface area contributed by atoms with Crippen molar-refractivity contribution in [2.45, 2.75) is 18.9 Å². The Labute approximate surface area is 88.1 Å². The van der Waals surface area contributed by atoms with Crippen LogP contribution in [0.2, 0.25) is 0 Å². The monoisotopic (exact) mass is 206 g/mol. The Bertz CT molecular complexity index is 406. The van der Waals surface area contributed by atoms with Crippen molar-refractivity contribution in [2.75, 3.05) is 0 Å². The van der Waals surface area contributed by atoms with Crippen molar-refractivity contribution in [1.29, 1.82) is 0 Å². The maximum Gasteiger partial charge on any atom is 0.132 e. The van der Waals surface area contributed by atoms with Crippen molar-refractivity contribution in [3.63, 3.8) is 0 Å². The van der Waals surface area contributed by atoms with E-state index >= 15 is 0 Å². The van der Waals surface area contributed by atoms with Crippen LogP contribution in [-0.4, -0.2) is 14.9 Å². The molecule has 0 fully saturated rings. The van der Waals surface area contributed by atoms with Crippen molar-refractivity contribution in [3.05, 3.63) is 42.1 Å². The van der Waals surface area contributed by atoms with Crippen LogP contribution in [0.15, 0.2) is 35.1 Å². The summed E-state index contributed by atoms with van der Waals surface area (Å²) in [6, 6.07) is 5.52. The predicted molar refractivity (Wildman–Crippen MR) is 55.2 cm³/mol. The molecule has 2 aromatic rings. The zero-order chi connectivity index (χ0) is 10.7. The molecule has 0 radical (unpaired) electrons. The molecule has 1 atom stereocenters. The number of hydrogen-bond donors (Lipinski definition) is 1. The average Bonchev–Trinajstić information content (AvgIpc) is 2.85. The average molecular weight is 206 g/mol. The van der Waals surface area contributed by atoms with Gasteiger partial charge in [0.25, 0.3) is 0 Å². The predicted octanol–water partition coefficient (Wildman–Crippen LogP) is 1.68. The van der Waals surface area contributed by atoms with Crippen LogP contribution in [0.3, 0.4) is 0 Å². The number of aliphatic hydroxyl groups excluding tert-OH is 1. The fraction of sp³-hybridized carbons (Fsp3) is 0.364. The normalized spacial score (nSPS) is 12.9. The molecule has 0 saturated heterocycles. The summed E-state index contributed by atoms with van der Waals surface area (Å²) in [7, 11) is 1.90. The van der Waals surface area contributed by atoms with Gasteiger partial charge in [-0.15, -0.1) is 0 Å². The first kappa shape index (κ1) is 9.98. The Morgan fingerprint density at radius 2 is 2.40 bits per heavy atom. The van der Waals surface area contributed by atoms with Crippen LogP contribution in [-0.2, 0) is 13.5 Å². The highest BCUT2D eigenvalue weighted by atomic mass is 16.4. The van der Waals surface area contributed by atoms with E-state index < -0.39 is 6.10 Å². The van der Waals surface area contributed by atoms with Crippen molar-refractivity contribution in [1.82, 2.24) is 9.78 Å². The van der Waals surface area contributed by atoms with Gasteiger partial charge in [-0.25, -0.2) is 0 Å². The van der Waals surface area contributed by atoms with Crippen molar-refractivity contribution < 1.29 is 9.52 Å². The van der Waals surface area contributed by atoms with E-state index in [-0.39, 0.29) is 0 Å². The summed E-state index contributed by atoms with van der Waals surface area (Å²) in [5.41, 5.74) is 1.11. The van der Waals surface area contributed by atoms with Gasteiger partial charge in [-0.2, -0.15) is 5.10 Å². The van der Waals surface area contributed by atoms with Gasteiger partial charge in [0.15, 0.2) is 0 Å². The van der Waals surface area contributed by atoms with Gasteiger partial charge in [-0.05, 0) is 31.0 Å². The van der Waals surface area contributed by atoms with Gasteiger partial charge in [0.2, 0.25) is 0 Å². The molecular formula is C11H14N2O2. The molecule has 0 aromatic carbocycles. The summed E-state index contributed by atoms with van der Waals surface area (Å²) in [6.45, 7) is 0. The van der Waals surface area contributed by atoms with Gasteiger partial charge in [0, 0.05) is 18.9 Å². The molecule has 0 aliphatic carbocycles. The molecule has 2 rings (SSSR count). The first-order chi connectivity index (χ1) is 7.27. The summed E-state index contributed by atoms with van der Waals surface area (Å²) in [4.78, 5) is 0. The molecule has 80 valence electrons. The Balaban J connectivity index is 1.91. The zero-order valence-electron chi connectivity index (χ0n) is 8.63. The van der Waals surface area contributed by atoms with Gasteiger partial charge in [-0.3, -0.25) is 4.68 Å². The summed E-state index contributed by atoms with van der Waals surface area (Å²) < 4.78 is 6.94. The number of rotatable bonds is 4. The third-order valence-corrected chi connectivity index (χ3v) is 2.47. The van der Waals surface area contributed by atoms with Gasteiger partial charge in [0.1, 0.15) is 11.9 Å². The number of furan rings is 1. The van der Waals surface area contributed by atoms with Gasteiger partial charge in [0.05, 0.1) is 6.26 Å². The smallest absolute Gasteiger partial charge is 0.132 e. The Morgan fingerprint density at radius 3 is 3.00 bits per heavy atom. The second-order valence-electron chi connectivity index (χ2n) is 3.52. The molecule has 1 N–H and O–H groups in total. The van der Waals surface area contributed by atoms with E-state index in [0.717, 1.165) is 12.1 Å². The number of aryl methyl sites for hydroxylation is 2. The Morgan fingerprint density at radius 1 is 1.53 bits per heavy atom. The molecule has 2 heterocycles. The van der Waals surface area contributed by atoms with E-state index in [9.17, 15) is 5.11 Å². The summed E-state index contributed by atoms with van der Waals surface area (Å²) in [6.07, 6.45) is 4.23. The molecule has 4 heteroatoms. The van der Waals surface area contributed by atoms with E-state index in [2.05, 4.69) is 5.10 Å². The molecule has 0 bridgehead atoms. The van der Waals surface area contributed by atoms with Gasteiger partial charge in [-0.1, -0.05) is 0 Å². The summed E-state index contributed by atoms with van der Waals surface area (Å²) in [5, 5.41) is 13.8. The quantitative estimate of drug-likeness (QED) is 0.828. The molecule has 0 aliphatic heterocycles. The standard InChI is InChI=1S/C11H14N2O2/c1-13-9(6-7-12-13)4-5-10(14)11-3-2-8-15-11/h2-3,6-8,10,14H,4-5H2,1H3. The lowest BCUT2D eigenvalue weighted by atomic mass is 10.1. The maximum atomic E-state index is 9.78. The van der Waals surface area contributed by atoms with E-state index in [0.29, 0.717) is 12.2 Å². The van der Waals surface area contributed by atoms with Crippen LogP contribution in [0.4, 0.5) is 0 Å². The zero-order valence-corrected chi connectivity index (χ0v) is 8.63. The highest BCUT2D eigenvalue weighted by molar-refractivity contribution is 5.04. The molecule has 1 unspecified atom stereocenters. The first-order valence-corrected chi connectivity index (χ1v) is 4.95. The minimum atomic E-state index is -0.533. The highest BCUT2D eigenvalue weighted by Gasteiger charge is 2.11. The number of nitrogens with zero attached hydrogens (tertiary/aromatic N) is 2. The molecule has 0 spiro atoms. The molecule has 4 nitrogen and oxygen atoms in total. The molecule has 0 amide bonds. The van der Waals surface area contributed by atoms with Crippen LogP contribution in [0.5, 0.6) is 0 Å². The molecule has 0 saturated carbocycles. The van der Waals surface area contributed by atoms with Crippen LogP contribution < -0.4 is 0 Å². The van der Waals surface area contributed by atoms with Gasteiger partial charge >= 0.3 is 0 Å². The molecule has 2 aromatic heterocycles. The molecule has 0 aliphatic rings. The lowest BCUT2D eigenvalue weighted by molar-refractivity contribution is 0.140. The third kappa shape index (κ3) is 2.27. The third-order valence-electron chi connectivity index (χ3n) is 2.47. The van der Waals surface area contributed by atoms with Crippen LogP contribution in [0.1, 0.15) is 24.0 Å². The summed E-state index contributed by atoms with van der Waals surface area (Å²) in [5.74, 6) is 0.622. The van der Waals surface area contributed by atoms with E-state index in [4.69, 9.17) is 4.42 Å². The largest absolute Gasteiger partial charge is 0.467 e. The lowest BCUT2D eigenvalue weighted by Crippen LogP contribution is -2.02. The maximum absolute atomic E-state index is 9.78. The molecule has 15 heavy (non-hydrogen) atoms. The number of aromatic nitrogens is 2. The Kier molecular flexibility index (Phi) is 2.87.